The van der Waals surface area contributed by atoms with Gasteiger partial charge in [-0.05, 0) is 19.8 Å². The number of H-pyrrole nitrogens is 1. The zero-order valence-electron chi connectivity index (χ0n) is 10.8. The van der Waals surface area contributed by atoms with Gasteiger partial charge in [0.1, 0.15) is 0 Å². The Hall–Kier alpha value is -0.830. The van der Waals surface area contributed by atoms with Crippen LogP contribution in [0.1, 0.15) is 52.1 Å². The molecular formula is C13H25N3. The molecule has 0 fully saturated rings. The van der Waals surface area contributed by atoms with Crippen molar-refractivity contribution in [3.05, 3.63) is 18.2 Å². The van der Waals surface area contributed by atoms with Crippen LogP contribution in [0.15, 0.2) is 12.5 Å². The molecule has 0 bridgehead atoms. The molecule has 1 heterocycles. The number of aromatic nitrogens is 2. The summed E-state index contributed by atoms with van der Waals surface area (Å²) in [6, 6.07) is 0. The minimum Gasteiger partial charge on any atom is -0.348 e. The first-order chi connectivity index (χ1) is 7.70. The van der Waals surface area contributed by atoms with Crippen LogP contribution >= 0.6 is 0 Å². The fraction of sp³-hybridized carbons (Fsp3) is 0.769. The zero-order valence-corrected chi connectivity index (χ0v) is 10.8. The number of nitrogens with one attached hydrogen (secondary N) is 2. The summed E-state index contributed by atoms with van der Waals surface area (Å²) in [6.07, 6.45) is 9.71. The second-order valence-electron chi connectivity index (χ2n) is 4.77. The molecule has 0 aromatic carbocycles. The molecule has 0 saturated heterocycles. The molecule has 3 nitrogen and oxygen atoms in total. The van der Waals surface area contributed by atoms with Crippen LogP contribution in [0.2, 0.25) is 0 Å². The average Bonchev–Trinajstić information content (AvgIpc) is 2.79. The number of rotatable bonds is 8. The molecule has 0 aliphatic heterocycles. The minimum atomic E-state index is 0.302. The second-order valence-corrected chi connectivity index (χ2v) is 4.77. The summed E-state index contributed by atoms with van der Waals surface area (Å²) >= 11 is 0. The predicted molar refractivity (Wildman–Crippen MR) is 68.5 cm³/mol. The maximum absolute atomic E-state index is 4.02. The van der Waals surface area contributed by atoms with Gasteiger partial charge in [0.15, 0.2) is 0 Å². The van der Waals surface area contributed by atoms with Gasteiger partial charge in [0.2, 0.25) is 0 Å². The third kappa shape index (κ3) is 4.35. The maximum Gasteiger partial charge on any atom is 0.0921 e. The van der Waals surface area contributed by atoms with Crippen LogP contribution in [0.5, 0.6) is 0 Å². The molecule has 0 aliphatic carbocycles. The first-order valence-corrected chi connectivity index (χ1v) is 6.42. The van der Waals surface area contributed by atoms with Crippen molar-refractivity contribution in [1.82, 2.24) is 15.3 Å². The maximum atomic E-state index is 4.02. The van der Waals surface area contributed by atoms with E-state index in [1.807, 2.05) is 6.20 Å². The lowest BCUT2D eigenvalue weighted by Crippen LogP contribution is -2.42. The lowest BCUT2D eigenvalue weighted by Gasteiger charge is -2.30. The number of nitrogens with zero attached hydrogens (tertiary/aromatic N) is 1. The predicted octanol–water partition coefficient (Wildman–Crippen LogP) is 2.90. The van der Waals surface area contributed by atoms with Gasteiger partial charge in [0.25, 0.3) is 0 Å². The van der Waals surface area contributed by atoms with Crippen molar-refractivity contribution in [2.75, 3.05) is 6.54 Å². The van der Waals surface area contributed by atoms with Gasteiger partial charge in [-0.3, -0.25) is 0 Å². The van der Waals surface area contributed by atoms with Gasteiger partial charge < -0.3 is 10.3 Å². The summed E-state index contributed by atoms with van der Waals surface area (Å²) in [7, 11) is 0. The third-order valence-electron chi connectivity index (χ3n) is 3.36. The highest BCUT2D eigenvalue weighted by atomic mass is 15.0. The smallest absolute Gasteiger partial charge is 0.0921 e. The summed E-state index contributed by atoms with van der Waals surface area (Å²) < 4.78 is 0. The van der Waals surface area contributed by atoms with Gasteiger partial charge in [0, 0.05) is 30.4 Å². The molecule has 0 spiro atoms. The van der Waals surface area contributed by atoms with E-state index in [0.29, 0.717) is 5.54 Å². The van der Waals surface area contributed by atoms with Crippen LogP contribution in [-0.4, -0.2) is 22.1 Å². The number of imidazole rings is 1. The molecule has 2 N–H and O–H groups in total. The minimum absolute atomic E-state index is 0.302. The summed E-state index contributed by atoms with van der Waals surface area (Å²) in [5.74, 6) is 0. The number of hydrogen-bond donors (Lipinski definition) is 2. The summed E-state index contributed by atoms with van der Waals surface area (Å²) in [4.78, 5) is 7.16. The van der Waals surface area contributed by atoms with Crippen LogP contribution in [0.3, 0.4) is 0 Å². The van der Waals surface area contributed by atoms with Crippen molar-refractivity contribution in [1.29, 1.82) is 0 Å². The zero-order chi connectivity index (χ0) is 11.9. The molecule has 16 heavy (non-hydrogen) atoms. The first-order valence-electron chi connectivity index (χ1n) is 6.42. The molecule has 1 aromatic rings. The second kappa shape index (κ2) is 6.69. The van der Waals surface area contributed by atoms with Gasteiger partial charge in [-0.2, -0.15) is 0 Å². The molecule has 0 radical (unpaired) electrons. The highest BCUT2D eigenvalue weighted by Gasteiger charge is 2.19. The standard InChI is InChI=1S/C13H25N3/c1-4-6-8-13(3,5-2)16-9-7-12-10-14-11-15-12/h10-11,16H,4-9H2,1-3H3,(H,14,15). The fourth-order valence-corrected chi connectivity index (χ4v) is 1.88. The van der Waals surface area contributed by atoms with E-state index in [2.05, 4.69) is 36.1 Å². The highest BCUT2D eigenvalue weighted by molar-refractivity contribution is 4.95. The SMILES string of the molecule is CCCCC(C)(CC)NCCc1cnc[nH]1. The first kappa shape index (κ1) is 13.2. The van der Waals surface area contributed by atoms with Gasteiger partial charge in [0.05, 0.1) is 6.33 Å². The Morgan fingerprint density at radius 1 is 1.44 bits per heavy atom. The summed E-state index contributed by atoms with van der Waals surface area (Å²) in [5, 5.41) is 3.67. The summed E-state index contributed by atoms with van der Waals surface area (Å²) in [6.45, 7) is 7.87. The lowest BCUT2D eigenvalue weighted by molar-refractivity contribution is 0.313. The molecule has 1 atom stereocenters. The van der Waals surface area contributed by atoms with E-state index < -0.39 is 0 Å². The van der Waals surface area contributed by atoms with Crippen molar-refractivity contribution in [3.8, 4) is 0 Å². The Morgan fingerprint density at radius 2 is 2.25 bits per heavy atom. The number of unbranched alkanes of at least 4 members (excludes halogenated alkanes) is 1. The number of hydrogen-bond acceptors (Lipinski definition) is 2. The molecule has 1 aromatic heterocycles. The van der Waals surface area contributed by atoms with Crippen LogP contribution in [0.4, 0.5) is 0 Å². The normalized spacial score (nSPS) is 14.9. The number of aromatic amines is 1. The van der Waals surface area contributed by atoms with Crippen molar-refractivity contribution in [3.63, 3.8) is 0 Å². The molecule has 1 rings (SSSR count). The van der Waals surface area contributed by atoms with E-state index in [4.69, 9.17) is 0 Å². The van der Waals surface area contributed by atoms with Gasteiger partial charge in [-0.15, -0.1) is 0 Å². The Kier molecular flexibility index (Phi) is 5.53. The summed E-state index contributed by atoms with van der Waals surface area (Å²) in [5.41, 5.74) is 1.51. The van der Waals surface area contributed by atoms with Crippen molar-refractivity contribution < 1.29 is 0 Å². The van der Waals surface area contributed by atoms with E-state index in [9.17, 15) is 0 Å². The average molecular weight is 223 g/mol. The van der Waals surface area contributed by atoms with Crippen molar-refractivity contribution in [2.45, 2.75) is 58.4 Å². The molecule has 0 amide bonds. The van der Waals surface area contributed by atoms with Crippen molar-refractivity contribution in [2.24, 2.45) is 0 Å². The van der Waals surface area contributed by atoms with E-state index in [1.165, 1.54) is 31.4 Å². The lowest BCUT2D eigenvalue weighted by atomic mass is 9.92. The molecule has 3 heteroatoms. The molecule has 0 saturated carbocycles. The van der Waals surface area contributed by atoms with Gasteiger partial charge >= 0.3 is 0 Å². The van der Waals surface area contributed by atoms with E-state index in [-0.39, 0.29) is 0 Å². The largest absolute Gasteiger partial charge is 0.348 e. The topological polar surface area (TPSA) is 40.7 Å². The Morgan fingerprint density at radius 3 is 2.81 bits per heavy atom. The molecular weight excluding hydrogens is 198 g/mol. The molecule has 1 unspecified atom stereocenters. The van der Waals surface area contributed by atoms with E-state index >= 15 is 0 Å². The fourth-order valence-electron chi connectivity index (χ4n) is 1.88. The third-order valence-corrected chi connectivity index (χ3v) is 3.36. The van der Waals surface area contributed by atoms with Crippen LogP contribution in [0.25, 0.3) is 0 Å². The quantitative estimate of drug-likeness (QED) is 0.711. The Bertz CT molecular complexity index is 269. The van der Waals surface area contributed by atoms with E-state index in [0.717, 1.165) is 13.0 Å². The van der Waals surface area contributed by atoms with Gasteiger partial charge in [-0.25, -0.2) is 4.98 Å². The Labute approximate surface area is 99.1 Å². The molecule has 92 valence electrons. The Balaban J connectivity index is 2.27. The molecule has 0 aliphatic rings. The van der Waals surface area contributed by atoms with Crippen LogP contribution < -0.4 is 5.32 Å². The van der Waals surface area contributed by atoms with Crippen LogP contribution in [0, 0.1) is 0 Å². The van der Waals surface area contributed by atoms with E-state index in [1.54, 1.807) is 6.33 Å². The monoisotopic (exact) mass is 223 g/mol. The van der Waals surface area contributed by atoms with Crippen LogP contribution in [-0.2, 0) is 6.42 Å². The van der Waals surface area contributed by atoms with Crippen molar-refractivity contribution >= 4 is 0 Å². The van der Waals surface area contributed by atoms with Gasteiger partial charge in [-0.1, -0.05) is 26.7 Å². The highest BCUT2D eigenvalue weighted by Crippen LogP contribution is 2.17.